The number of amides is 1. The first-order valence-electron chi connectivity index (χ1n) is 10.3. The van der Waals surface area contributed by atoms with Gasteiger partial charge in [-0.15, -0.1) is 0 Å². The van der Waals surface area contributed by atoms with Crippen molar-refractivity contribution in [3.8, 4) is 5.75 Å². The van der Waals surface area contributed by atoms with Crippen molar-refractivity contribution < 1.29 is 24.9 Å². The number of rotatable bonds is 3. The number of aromatic nitrogens is 3. The smallest absolute Gasteiger partial charge is 0.407 e. The van der Waals surface area contributed by atoms with Crippen LogP contribution in [0.3, 0.4) is 0 Å². The number of hydrogen-bond acceptors (Lipinski definition) is 6. The molecule has 9 nitrogen and oxygen atoms in total. The maximum absolute atomic E-state index is 11.4. The molecule has 1 amide bonds. The van der Waals surface area contributed by atoms with Crippen molar-refractivity contribution in [2.24, 2.45) is 0 Å². The van der Waals surface area contributed by atoms with E-state index in [4.69, 9.17) is 4.74 Å². The van der Waals surface area contributed by atoms with Gasteiger partial charge in [0.05, 0.1) is 18.3 Å². The van der Waals surface area contributed by atoms with Crippen molar-refractivity contribution in [2.45, 2.75) is 50.7 Å². The van der Waals surface area contributed by atoms with Crippen molar-refractivity contribution in [1.29, 1.82) is 0 Å². The summed E-state index contributed by atoms with van der Waals surface area (Å²) in [7, 11) is 0. The summed E-state index contributed by atoms with van der Waals surface area (Å²) >= 11 is 0. The molecule has 5 rings (SSSR count). The minimum atomic E-state index is -1.08. The van der Waals surface area contributed by atoms with Crippen molar-refractivity contribution in [3.05, 3.63) is 53.6 Å². The number of nitrogens with zero attached hydrogens (tertiary/aromatic N) is 4. The maximum Gasteiger partial charge on any atom is 0.407 e. The highest BCUT2D eigenvalue weighted by Gasteiger charge is 2.44. The fourth-order valence-electron chi connectivity index (χ4n) is 4.71. The van der Waals surface area contributed by atoms with Crippen LogP contribution >= 0.6 is 0 Å². The lowest BCUT2D eigenvalue weighted by atomic mass is 9.99. The predicted molar refractivity (Wildman–Crippen MR) is 111 cm³/mol. The molecule has 0 unspecified atom stereocenters. The van der Waals surface area contributed by atoms with Gasteiger partial charge >= 0.3 is 6.09 Å². The second-order valence-corrected chi connectivity index (χ2v) is 8.21. The Morgan fingerprint density at radius 3 is 2.84 bits per heavy atom. The zero-order valence-corrected chi connectivity index (χ0v) is 17.0. The topological polar surface area (TPSA) is 121 Å². The molecule has 2 aliphatic rings. The molecule has 2 aromatic heterocycles. The minimum Gasteiger partial charge on any atom is -0.487 e. The van der Waals surface area contributed by atoms with E-state index in [-0.39, 0.29) is 6.54 Å². The van der Waals surface area contributed by atoms with E-state index in [0.29, 0.717) is 30.8 Å². The van der Waals surface area contributed by atoms with E-state index in [1.807, 2.05) is 35.9 Å². The highest BCUT2D eigenvalue weighted by Crippen LogP contribution is 2.37. The zero-order valence-electron chi connectivity index (χ0n) is 17.0. The molecule has 0 spiro atoms. The number of benzene rings is 1. The number of carbonyl (C=O) groups is 1. The van der Waals surface area contributed by atoms with Crippen LogP contribution in [-0.2, 0) is 13.0 Å². The third kappa shape index (κ3) is 3.30. The fourth-order valence-corrected chi connectivity index (χ4v) is 4.71. The molecule has 31 heavy (non-hydrogen) atoms. The summed E-state index contributed by atoms with van der Waals surface area (Å²) in [5.74, 6) is 0.552. The Labute approximate surface area is 178 Å². The number of aliphatic hydroxyl groups is 2. The molecule has 0 saturated heterocycles. The Morgan fingerprint density at radius 1 is 1.19 bits per heavy atom. The molecule has 1 aliphatic carbocycles. The number of carboxylic acid groups (broad SMARTS) is 1. The molecule has 1 aromatic carbocycles. The second-order valence-electron chi connectivity index (χ2n) is 8.21. The van der Waals surface area contributed by atoms with E-state index < -0.39 is 30.4 Å². The number of fused-ring (bicyclic) bond motifs is 2. The molecule has 3 N–H and O–H groups in total. The summed E-state index contributed by atoms with van der Waals surface area (Å²) < 4.78 is 8.04. The predicted octanol–water partition coefficient (Wildman–Crippen LogP) is 1.89. The molecule has 9 heteroatoms. The summed E-state index contributed by atoms with van der Waals surface area (Å²) in [5, 5.41) is 31.8. The molecular weight excluding hydrogens is 400 g/mol. The van der Waals surface area contributed by atoms with Crippen LogP contribution in [-0.4, -0.2) is 65.7 Å². The van der Waals surface area contributed by atoms with Crippen LogP contribution < -0.4 is 4.74 Å². The zero-order chi connectivity index (χ0) is 21.7. The first-order chi connectivity index (χ1) is 14.9. The number of aryl methyl sites for hydroxylation is 1. The van der Waals surface area contributed by atoms with Gasteiger partial charge in [0, 0.05) is 30.1 Å². The average molecular weight is 424 g/mol. The van der Waals surface area contributed by atoms with Gasteiger partial charge in [0.1, 0.15) is 36.0 Å². The van der Waals surface area contributed by atoms with Crippen molar-refractivity contribution >= 4 is 17.1 Å². The van der Waals surface area contributed by atoms with Crippen LogP contribution in [0.4, 0.5) is 4.79 Å². The van der Waals surface area contributed by atoms with Gasteiger partial charge in [0.2, 0.25) is 0 Å². The molecule has 3 aromatic rings. The second kappa shape index (κ2) is 7.51. The van der Waals surface area contributed by atoms with Gasteiger partial charge in [-0.2, -0.15) is 0 Å². The van der Waals surface area contributed by atoms with E-state index in [9.17, 15) is 20.1 Å². The Balaban J connectivity index is 1.42. The van der Waals surface area contributed by atoms with Crippen LogP contribution in [0.2, 0.25) is 0 Å². The van der Waals surface area contributed by atoms with Crippen LogP contribution in [0.15, 0.2) is 36.8 Å². The highest BCUT2D eigenvalue weighted by atomic mass is 16.5. The SMILES string of the molecule is Cc1ncnc2c1ccn2[C@@H]1C[C@H](Oc2cccc3c2CN(C(=O)O)CC3)[C@@H](O)[C@H]1O. The van der Waals surface area contributed by atoms with Crippen LogP contribution in [0.25, 0.3) is 11.0 Å². The van der Waals surface area contributed by atoms with Gasteiger partial charge in [-0.05, 0) is 31.0 Å². The molecule has 1 saturated carbocycles. The monoisotopic (exact) mass is 424 g/mol. The number of aliphatic hydroxyl groups excluding tert-OH is 2. The number of hydrogen-bond donors (Lipinski definition) is 3. The molecular formula is C22H24N4O5. The molecule has 4 atom stereocenters. The largest absolute Gasteiger partial charge is 0.487 e. The number of ether oxygens (including phenoxy) is 1. The standard InChI is InChI=1S/C22H24N4O5/c1-12-14-6-8-26(21(14)24-11-23-12)16-9-18(20(28)19(16)27)31-17-4-2-3-13-5-7-25(22(29)30)10-15(13)17/h2-4,6,8,11,16,18-20,27-28H,5,7,9-10H2,1H3,(H,29,30)/t16-,18+,19+,20-/m1/s1. The maximum atomic E-state index is 11.4. The van der Waals surface area contributed by atoms with Gasteiger partial charge in [-0.1, -0.05) is 12.1 Å². The van der Waals surface area contributed by atoms with E-state index >= 15 is 0 Å². The van der Waals surface area contributed by atoms with Gasteiger partial charge in [-0.25, -0.2) is 14.8 Å². The summed E-state index contributed by atoms with van der Waals surface area (Å²) in [6.07, 6.45) is 0.647. The van der Waals surface area contributed by atoms with Crippen molar-refractivity contribution in [3.63, 3.8) is 0 Å². The van der Waals surface area contributed by atoms with Crippen molar-refractivity contribution in [2.75, 3.05) is 6.54 Å². The summed E-state index contributed by atoms with van der Waals surface area (Å²) in [6.45, 7) is 2.59. The van der Waals surface area contributed by atoms with Crippen LogP contribution in [0.5, 0.6) is 5.75 Å². The van der Waals surface area contributed by atoms with E-state index in [2.05, 4.69) is 9.97 Å². The van der Waals surface area contributed by atoms with Crippen molar-refractivity contribution in [1.82, 2.24) is 19.4 Å². The molecule has 0 bridgehead atoms. The molecule has 162 valence electrons. The molecule has 1 aliphatic heterocycles. The summed E-state index contributed by atoms with van der Waals surface area (Å²) in [5.41, 5.74) is 3.42. The van der Waals surface area contributed by atoms with E-state index in [1.165, 1.54) is 11.2 Å². The minimum absolute atomic E-state index is 0.244. The fraction of sp³-hybridized carbons (Fsp3) is 0.409. The van der Waals surface area contributed by atoms with Gasteiger partial charge in [0.25, 0.3) is 0 Å². The lowest BCUT2D eigenvalue weighted by Gasteiger charge is -2.29. The normalized spacial score (nSPS) is 25.6. The quantitative estimate of drug-likeness (QED) is 0.587. The van der Waals surface area contributed by atoms with Gasteiger partial charge < -0.3 is 29.5 Å². The molecule has 0 radical (unpaired) electrons. The third-order valence-electron chi connectivity index (χ3n) is 6.44. The summed E-state index contributed by atoms with van der Waals surface area (Å²) in [4.78, 5) is 21.3. The Hall–Kier alpha value is -3.17. The molecule has 3 heterocycles. The summed E-state index contributed by atoms with van der Waals surface area (Å²) in [6, 6.07) is 7.14. The van der Waals surface area contributed by atoms with Gasteiger partial charge in [-0.3, -0.25) is 0 Å². The lowest BCUT2D eigenvalue weighted by Crippen LogP contribution is -2.36. The molecule has 1 fully saturated rings. The highest BCUT2D eigenvalue weighted by molar-refractivity contribution is 5.78. The average Bonchev–Trinajstić information content (AvgIpc) is 3.31. The van der Waals surface area contributed by atoms with Crippen LogP contribution in [0, 0.1) is 6.92 Å². The Bertz CT molecular complexity index is 1150. The Morgan fingerprint density at radius 2 is 2.03 bits per heavy atom. The lowest BCUT2D eigenvalue weighted by molar-refractivity contribution is -0.0167. The van der Waals surface area contributed by atoms with E-state index in [0.717, 1.165) is 22.2 Å². The first kappa shape index (κ1) is 19.8. The van der Waals surface area contributed by atoms with Gasteiger partial charge in [0.15, 0.2) is 0 Å². The Kier molecular flexibility index (Phi) is 4.79. The van der Waals surface area contributed by atoms with E-state index in [1.54, 1.807) is 6.07 Å². The first-order valence-corrected chi connectivity index (χ1v) is 10.3. The third-order valence-corrected chi connectivity index (χ3v) is 6.44. The van der Waals surface area contributed by atoms with Crippen LogP contribution in [0.1, 0.15) is 29.3 Å².